The number of hydrogen-bond acceptors (Lipinski definition) is 3. The minimum Gasteiger partial charge on any atom is -0.333 e. The summed E-state index contributed by atoms with van der Waals surface area (Å²) < 4.78 is 2.10. The number of nitrogens with one attached hydrogen (secondary N) is 1. The summed E-state index contributed by atoms with van der Waals surface area (Å²) in [6.07, 6.45) is 5.82. The quantitative estimate of drug-likeness (QED) is 0.947. The van der Waals surface area contributed by atoms with E-state index < -0.39 is 0 Å². The van der Waals surface area contributed by atoms with Gasteiger partial charge in [0.2, 0.25) is 0 Å². The van der Waals surface area contributed by atoms with Crippen LogP contribution >= 0.6 is 0 Å². The van der Waals surface area contributed by atoms with Gasteiger partial charge in [0.05, 0.1) is 6.04 Å². The van der Waals surface area contributed by atoms with Crippen LogP contribution in [0.15, 0.2) is 30.6 Å². The molecule has 6 nitrogen and oxygen atoms in total. The monoisotopic (exact) mass is 299 g/mol. The first kappa shape index (κ1) is 14.6. The number of pyridine rings is 1. The van der Waals surface area contributed by atoms with Crippen molar-refractivity contribution in [1.29, 1.82) is 0 Å². The molecule has 1 N–H and O–H groups in total. The highest BCUT2D eigenvalue weighted by atomic mass is 16.2. The maximum atomic E-state index is 12.5. The van der Waals surface area contributed by atoms with Gasteiger partial charge in [0.15, 0.2) is 0 Å². The van der Waals surface area contributed by atoms with Crippen LogP contribution in [-0.4, -0.2) is 38.1 Å². The van der Waals surface area contributed by atoms with Crippen LogP contribution in [0, 0.1) is 13.8 Å². The second-order valence-electron chi connectivity index (χ2n) is 5.71. The SMILES string of the molecule is Cc1cccc(NC(=O)N2CCC[C@H]2Cn2ccnc2C)n1. The van der Waals surface area contributed by atoms with E-state index in [1.807, 2.05) is 43.1 Å². The minimum atomic E-state index is -0.0710. The molecule has 116 valence electrons. The number of anilines is 1. The molecule has 1 aliphatic heterocycles. The van der Waals surface area contributed by atoms with Gasteiger partial charge in [-0.3, -0.25) is 5.32 Å². The predicted molar refractivity (Wildman–Crippen MR) is 84.7 cm³/mol. The molecule has 0 saturated carbocycles. The van der Waals surface area contributed by atoms with Gasteiger partial charge >= 0.3 is 6.03 Å². The fourth-order valence-electron chi connectivity index (χ4n) is 2.91. The Morgan fingerprint density at radius 3 is 3.00 bits per heavy atom. The third kappa shape index (κ3) is 3.10. The van der Waals surface area contributed by atoms with Gasteiger partial charge < -0.3 is 9.47 Å². The lowest BCUT2D eigenvalue weighted by Crippen LogP contribution is -2.41. The number of rotatable bonds is 3. The molecule has 0 bridgehead atoms. The summed E-state index contributed by atoms with van der Waals surface area (Å²) in [6, 6.07) is 5.76. The zero-order valence-corrected chi connectivity index (χ0v) is 13.0. The molecular weight excluding hydrogens is 278 g/mol. The van der Waals surface area contributed by atoms with Crippen LogP contribution < -0.4 is 5.32 Å². The van der Waals surface area contributed by atoms with Crippen molar-refractivity contribution in [3.8, 4) is 0 Å². The number of imidazole rings is 1. The highest BCUT2D eigenvalue weighted by molar-refractivity contribution is 5.88. The molecule has 0 unspecified atom stereocenters. The van der Waals surface area contributed by atoms with E-state index in [0.29, 0.717) is 5.82 Å². The number of urea groups is 1. The average Bonchev–Trinajstić information content (AvgIpc) is 3.09. The number of aromatic nitrogens is 3. The van der Waals surface area contributed by atoms with Crippen LogP contribution in [0.1, 0.15) is 24.4 Å². The molecule has 2 amide bonds. The van der Waals surface area contributed by atoms with Crippen molar-refractivity contribution in [1.82, 2.24) is 19.4 Å². The summed E-state index contributed by atoms with van der Waals surface area (Å²) in [5, 5.41) is 2.90. The number of hydrogen-bond donors (Lipinski definition) is 1. The molecule has 6 heteroatoms. The summed E-state index contributed by atoms with van der Waals surface area (Å²) >= 11 is 0. The number of carbonyl (C=O) groups excluding carboxylic acids is 1. The van der Waals surface area contributed by atoms with Crippen molar-refractivity contribution >= 4 is 11.8 Å². The Morgan fingerprint density at radius 2 is 2.27 bits per heavy atom. The molecule has 1 atom stereocenters. The van der Waals surface area contributed by atoms with Gasteiger partial charge in [-0.1, -0.05) is 6.07 Å². The molecule has 0 spiro atoms. The van der Waals surface area contributed by atoms with Crippen LogP contribution in [0.2, 0.25) is 0 Å². The smallest absolute Gasteiger partial charge is 0.323 e. The van der Waals surface area contributed by atoms with Crippen molar-refractivity contribution < 1.29 is 4.79 Å². The van der Waals surface area contributed by atoms with Gasteiger partial charge in [-0.15, -0.1) is 0 Å². The van der Waals surface area contributed by atoms with E-state index >= 15 is 0 Å². The van der Waals surface area contributed by atoms with Crippen molar-refractivity contribution in [2.24, 2.45) is 0 Å². The first-order valence-corrected chi connectivity index (χ1v) is 7.62. The van der Waals surface area contributed by atoms with Gasteiger partial charge in [0.1, 0.15) is 11.6 Å². The first-order chi connectivity index (χ1) is 10.6. The zero-order valence-electron chi connectivity index (χ0n) is 13.0. The highest BCUT2D eigenvalue weighted by Gasteiger charge is 2.29. The van der Waals surface area contributed by atoms with Crippen LogP contribution in [0.5, 0.6) is 0 Å². The summed E-state index contributed by atoms with van der Waals surface area (Å²) in [7, 11) is 0. The fraction of sp³-hybridized carbons (Fsp3) is 0.438. The van der Waals surface area contributed by atoms with Gasteiger partial charge in [-0.05, 0) is 38.8 Å². The second kappa shape index (κ2) is 6.17. The van der Waals surface area contributed by atoms with Gasteiger partial charge in [0.25, 0.3) is 0 Å². The third-order valence-electron chi connectivity index (χ3n) is 4.09. The van der Waals surface area contributed by atoms with Crippen molar-refractivity contribution in [3.05, 3.63) is 42.1 Å². The molecule has 2 aromatic rings. The molecule has 0 aliphatic carbocycles. The van der Waals surface area contributed by atoms with E-state index in [2.05, 4.69) is 19.9 Å². The largest absolute Gasteiger partial charge is 0.333 e. The van der Waals surface area contributed by atoms with E-state index in [0.717, 1.165) is 37.4 Å². The van der Waals surface area contributed by atoms with Crippen LogP contribution in [0.3, 0.4) is 0 Å². The van der Waals surface area contributed by atoms with Crippen molar-refractivity contribution in [2.75, 3.05) is 11.9 Å². The molecule has 2 aromatic heterocycles. The number of carbonyl (C=O) groups is 1. The molecule has 0 aromatic carbocycles. The first-order valence-electron chi connectivity index (χ1n) is 7.62. The normalized spacial score (nSPS) is 17.7. The molecular formula is C16H21N5O. The number of aryl methyl sites for hydroxylation is 2. The lowest BCUT2D eigenvalue weighted by molar-refractivity contribution is 0.200. The van der Waals surface area contributed by atoms with Crippen LogP contribution in [-0.2, 0) is 6.54 Å². The summed E-state index contributed by atoms with van der Waals surface area (Å²) in [6.45, 7) is 5.47. The lowest BCUT2D eigenvalue weighted by atomic mass is 10.2. The molecule has 1 fully saturated rings. The summed E-state index contributed by atoms with van der Waals surface area (Å²) in [5.41, 5.74) is 0.893. The predicted octanol–water partition coefficient (Wildman–Crippen LogP) is 2.59. The molecule has 1 saturated heterocycles. The van der Waals surface area contributed by atoms with Gasteiger partial charge in [-0.2, -0.15) is 0 Å². The number of amides is 2. The van der Waals surface area contributed by atoms with Gasteiger partial charge in [0, 0.05) is 31.2 Å². The number of nitrogens with zero attached hydrogens (tertiary/aromatic N) is 4. The minimum absolute atomic E-state index is 0.0710. The standard InChI is InChI=1S/C16H21N5O/c1-12-5-3-7-15(18-12)19-16(22)21-9-4-6-14(21)11-20-10-8-17-13(20)2/h3,5,7-8,10,14H,4,6,9,11H2,1-2H3,(H,18,19,22)/t14-/m0/s1. The Hall–Kier alpha value is -2.37. The van der Waals surface area contributed by atoms with Gasteiger partial charge in [-0.25, -0.2) is 14.8 Å². The molecule has 0 radical (unpaired) electrons. The number of likely N-dealkylation sites (tertiary alicyclic amines) is 1. The van der Waals surface area contributed by atoms with E-state index in [-0.39, 0.29) is 12.1 Å². The molecule has 3 rings (SSSR count). The second-order valence-corrected chi connectivity index (χ2v) is 5.71. The maximum absolute atomic E-state index is 12.5. The Morgan fingerprint density at radius 1 is 1.41 bits per heavy atom. The maximum Gasteiger partial charge on any atom is 0.323 e. The third-order valence-corrected chi connectivity index (χ3v) is 4.09. The molecule has 22 heavy (non-hydrogen) atoms. The topological polar surface area (TPSA) is 63.1 Å². The van der Waals surface area contributed by atoms with Crippen molar-refractivity contribution in [3.63, 3.8) is 0 Å². The van der Waals surface area contributed by atoms with E-state index in [4.69, 9.17) is 0 Å². The van der Waals surface area contributed by atoms with E-state index in [1.165, 1.54) is 0 Å². The van der Waals surface area contributed by atoms with Crippen molar-refractivity contribution in [2.45, 2.75) is 39.3 Å². The summed E-state index contributed by atoms with van der Waals surface area (Å²) in [5.74, 6) is 1.59. The Bertz CT molecular complexity index is 666. The Balaban J connectivity index is 1.67. The molecule has 1 aliphatic rings. The summed E-state index contributed by atoms with van der Waals surface area (Å²) in [4.78, 5) is 23.0. The fourth-order valence-corrected chi connectivity index (χ4v) is 2.91. The average molecular weight is 299 g/mol. The van der Waals surface area contributed by atoms with E-state index in [1.54, 1.807) is 6.20 Å². The lowest BCUT2D eigenvalue weighted by Gasteiger charge is -2.25. The van der Waals surface area contributed by atoms with Crippen LogP contribution in [0.25, 0.3) is 0 Å². The van der Waals surface area contributed by atoms with Crippen LogP contribution in [0.4, 0.5) is 10.6 Å². The zero-order chi connectivity index (χ0) is 15.5. The Kier molecular flexibility index (Phi) is 4.09. The molecule has 3 heterocycles. The Labute approximate surface area is 130 Å². The highest BCUT2D eigenvalue weighted by Crippen LogP contribution is 2.20. The van der Waals surface area contributed by atoms with E-state index in [9.17, 15) is 4.79 Å².